The molecule has 4 aromatic rings. The van der Waals surface area contributed by atoms with E-state index < -0.39 is 0 Å². The highest BCUT2D eigenvalue weighted by Crippen LogP contribution is 2.29. The summed E-state index contributed by atoms with van der Waals surface area (Å²) in [5.41, 5.74) is 4.97. The molecule has 4 rings (SSSR count). The summed E-state index contributed by atoms with van der Waals surface area (Å²) >= 11 is 0. The van der Waals surface area contributed by atoms with Crippen LogP contribution in [0.2, 0.25) is 0 Å². The molecular weight excluding hydrogens is 355 g/mol. The number of pyridine rings is 1. The Morgan fingerprint density at radius 3 is 2.61 bits per heavy atom. The van der Waals surface area contributed by atoms with E-state index in [1.807, 2.05) is 35.9 Å². The Hall–Kier alpha value is -3.35. The first-order valence-corrected chi connectivity index (χ1v) is 9.16. The van der Waals surface area contributed by atoms with Gasteiger partial charge < -0.3 is 4.57 Å². The van der Waals surface area contributed by atoms with Crippen LogP contribution in [0, 0.1) is 18.7 Å². The predicted molar refractivity (Wildman–Crippen MR) is 105 cm³/mol. The molecule has 0 amide bonds. The van der Waals surface area contributed by atoms with Gasteiger partial charge in [-0.05, 0) is 42.7 Å². The van der Waals surface area contributed by atoms with E-state index in [0.717, 1.165) is 33.9 Å². The molecule has 1 N–H and O–H groups in total. The van der Waals surface area contributed by atoms with Crippen LogP contribution in [0.3, 0.4) is 0 Å². The molecule has 0 radical (unpaired) electrons. The number of nitrogens with zero attached hydrogens (tertiary/aromatic N) is 5. The van der Waals surface area contributed by atoms with E-state index in [1.165, 1.54) is 6.07 Å². The molecule has 0 aliphatic heterocycles. The molecule has 1 aromatic carbocycles. The number of aromatic nitrogens is 6. The zero-order chi connectivity index (χ0) is 19.7. The SMILES string of the molecule is Cc1n[nH]nc1-c1ccnc(-c2cn(C(c3cccc(F)c3)C(C)C)cn2)c1. The summed E-state index contributed by atoms with van der Waals surface area (Å²) in [6.45, 7) is 6.13. The molecule has 6 nitrogen and oxygen atoms in total. The minimum absolute atomic E-state index is 0.0158. The highest BCUT2D eigenvalue weighted by Gasteiger charge is 2.19. The fourth-order valence-electron chi connectivity index (χ4n) is 3.49. The fourth-order valence-corrected chi connectivity index (χ4v) is 3.49. The molecule has 0 spiro atoms. The largest absolute Gasteiger partial charge is 0.329 e. The first-order chi connectivity index (χ1) is 13.5. The van der Waals surface area contributed by atoms with Crippen molar-refractivity contribution in [1.29, 1.82) is 0 Å². The van der Waals surface area contributed by atoms with Crippen molar-refractivity contribution in [3.63, 3.8) is 0 Å². The monoisotopic (exact) mass is 376 g/mol. The van der Waals surface area contributed by atoms with Crippen LogP contribution in [-0.2, 0) is 0 Å². The molecular formula is C21H21FN6. The third-order valence-electron chi connectivity index (χ3n) is 4.76. The molecule has 3 heterocycles. The Morgan fingerprint density at radius 1 is 1.04 bits per heavy atom. The van der Waals surface area contributed by atoms with Gasteiger partial charge in [-0.2, -0.15) is 15.4 Å². The number of aromatic amines is 1. The maximum Gasteiger partial charge on any atom is 0.123 e. The van der Waals surface area contributed by atoms with Crippen molar-refractivity contribution in [2.24, 2.45) is 5.92 Å². The first kappa shape index (κ1) is 18.0. The zero-order valence-corrected chi connectivity index (χ0v) is 16.0. The summed E-state index contributed by atoms with van der Waals surface area (Å²) in [6.07, 6.45) is 5.47. The lowest BCUT2D eigenvalue weighted by atomic mass is 9.96. The molecule has 0 fully saturated rings. The lowest BCUT2D eigenvalue weighted by Crippen LogP contribution is -2.15. The van der Waals surface area contributed by atoms with Crippen molar-refractivity contribution in [2.45, 2.75) is 26.8 Å². The lowest BCUT2D eigenvalue weighted by molar-refractivity contribution is 0.434. The molecule has 0 saturated carbocycles. The minimum atomic E-state index is -0.235. The molecule has 7 heteroatoms. The minimum Gasteiger partial charge on any atom is -0.329 e. The van der Waals surface area contributed by atoms with Gasteiger partial charge >= 0.3 is 0 Å². The van der Waals surface area contributed by atoms with Crippen LogP contribution >= 0.6 is 0 Å². The quantitative estimate of drug-likeness (QED) is 0.559. The van der Waals surface area contributed by atoms with Crippen LogP contribution in [0.15, 0.2) is 55.1 Å². The van der Waals surface area contributed by atoms with Crippen molar-refractivity contribution in [3.8, 4) is 22.6 Å². The number of H-pyrrole nitrogens is 1. The van der Waals surface area contributed by atoms with Gasteiger partial charge in [-0.25, -0.2) is 9.37 Å². The maximum atomic E-state index is 13.7. The van der Waals surface area contributed by atoms with Gasteiger partial charge in [0.2, 0.25) is 0 Å². The van der Waals surface area contributed by atoms with E-state index in [1.54, 1.807) is 24.7 Å². The van der Waals surface area contributed by atoms with Gasteiger partial charge in [-0.15, -0.1) is 0 Å². The van der Waals surface area contributed by atoms with E-state index in [-0.39, 0.29) is 17.8 Å². The second-order valence-corrected chi connectivity index (χ2v) is 7.14. The highest BCUT2D eigenvalue weighted by atomic mass is 19.1. The van der Waals surface area contributed by atoms with Crippen molar-refractivity contribution in [2.75, 3.05) is 0 Å². The molecule has 0 saturated heterocycles. The van der Waals surface area contributed by atoms with Crippen molar-refractivity contribution >= 4 is 0 Å². The number of benzene rings is 1. The molecule has 0 aliphatic carbocycles. The smallest absolute Gasteiger partial charge is 0.123 e. The van der Waals surface area contributed by atoms with Gasteiger partial charge in [0.05, 0.1) is 23.8 Å². The van der Waals surface area contributed by atoms with Gasteiger partial charge in [-0.3, -0.25) is 4.98 Å². The Kier molecular flexibility index (Phi) is 4.73. The van der Waals surface area contributed by atoms with E-state index in [4.69, 9.17) is 0 Å². The van der Waals surface area contributed by atoms with Crippen LogP contribution < -0.4 is 0 Å². The summed E-state index contributed by atoms with van der Waals surface area (Å²) < 4.78 is 15.8. The van der Waals surface area contributed by atoms with Gasteiger partial charge in [0.15, 0.2) is 0 Å². The molecule has 142 valence electrons. The van der Waals surface area contributed by atoms with E-state index in [2.05, 4.69) is 39.2 Å². The summed E-state index contributed by atoms with van der Waals surface area (Å²) in [6, 6.07) is 10.6. The fraction of sp³-hybridized carbons (Fsp3) is 0.238. The second-order valence-electron chi connectivity index (χ2n) is 7.14. The Balaban J connectivity index is 1.70. The van der Waals surface area contributed by atoms with Gasteiger partial charge in [0.1, 0.15) is 17.2 Å². The Bertz CT molecular complexity index is 1100. The van der Waals surface area contributed by atoms with Crippen molar-refractivity contribution in [1.82, 2.24) is 29.9 Å². The number of imidazole rings is 1. The highest BCUT2D eigenvalue weighted by molar-refractivity contribution is 5.67. The van der Waals surface area contributed by atoms with Gasteiger partial charge in [-0.1, -0.05) is 26.0 Å². The van der Waals surface area contributed by atoms with Gasteiger partial charge in [0, 0.05) is 18.0 Å². The predicted octanol–water partition coefficient (Wildman–Crippen LogP) is 4.42. The Labute approximate surface area is 162 Å². The topological polar surface area (TPSA) is 72.3 Å². The van der Waals surface area contributed by atoms with Crippen LogP contribution in [0.4, 0.5) is 4.39 Å². The van der Waals surface area contributed by atoms with E-state index in [9.17, 15) is 4.39 Å². The number of halogens is 1. The van der Waals surface area contributed by atoms with Crippen LogP contribution in [0.5, 0.6) is 0 Å². The summed E-state index contributed by atoms with van der Waals surface area (Å²) in [7, 11) is 0. The first-order valence-electron chi connectivity index (χ1n) is 9.16. The average Bonchev–Trinajstić information content (AvgIpc) is 3.31. The summed E-state index contributed by atoms with van der Waals surface area (Å²) in [5, 5.41) is 10.9. The third-order valence-corrected chi connectivity index (χ3v) is 4.76. The van der Waals surface area contributed by atoms with Crippen LogP contribution in [-0.4, -0.2) is 29.9 Å². The number of hydrogen-bond donors (Lipinski definition) is 1. The normalized spacial score (nSPS) is 12.5. The van der Waals surface area contributed by atoms with E-state index in [0.29, 0.717) is 0 Å². The molecule has 0 bridgehead atoms. The maximum absolute atomic E-state index is 13.7. The Morgan fingerprint density at radius 2 is 1.89 bits per heavy atom. The van der Waals surface area contributed by atoms with Crippen LogP contribution in [0.25, 0.3) is 22.6 Å². The van der Waals surface area contributed by atoms with E-state index >= 15 is 0 Å². The standard InChI is InChI=1S/C21H21FN6/c1-13(2)21(16-5-4-6-17(22)9-16)28-11-19(24-12-28)18-10-15(7-8-23-18)20-14(3)25-27-26-20/h4-13,21H,1-3H3,(H,25,26,27). The van der Waals surface area contributed by atoms with Gasteiger partial charge in [0.25, 0.3) is 0 Å². The lowest BCUT2D eigenvalue weighted by Gasteiger charge is -2.23. The number of hydrogen-bond acceptors (Lipinski definition) is 4. The molecule has 1 atom stereocenters. The van der Waals surface area contributed by atoms with Crippen LogP contribution in [0.1, 0.15) is 31.1 Å². The molecule has 0 aliphatic rings. The summed E-state index contributed by atoms with van der Waals surface area (Å²) in [5.74, 6) is 0.0294. The molecule has 1 unspecified atom stereocenters. The molecule has 3 aromatic heterocycles. The number of aryl methyl sites for hydroxylation is 1. The second kappa shape index (κ2) is 7.34. The number of nitrogens with one attached hydrogen (secondary N) is 1. The molecule has 28 heavy (non-hydrogen) atoms. The number of rotatable bonds is 5. The van der Waals surface area contributed by atoms with Crippen molar-refractivity contribution in [3.05, 3.63) is 72.2 Å². The third kappa shape index (κ3) is 3.43. The van der Waals surface area contributed by atoms with Crippen molar-refractivity contribution < 1.29 is 4.39 Å². The zero-order valence-electron chi connectivity index (χ0n) is 16.0. The summed E-state index contributed by atoms with van der Waals surface area (Å²) in [4.78, 5) is 9.00. The average molecular weight is 376 g/mol.